The number of carbonyl (C=O) groups excluding carboxylic acids is 1. The third kappa shape index (κ3) is 3.32. The van der Waals surface area contributed by atoms with Crippen LogP contribution in [0.2, 0.25) is 0 Å². The lowest BCUT2D eigenvalue weighted by atomic mass is 10.1. The van der Waals surface area contributed by atoms with Crippen molar-refractivity contribution in [3.05, 3.63) is 74.6 Å². The molecule has 0 saturated carbocycles. The van der Waals surface area contributed by atoms with Crippen LogP contribution >= 0.6 is 0 Å². The number of non-ortho nitro benzene ring substituents is 1. The van der Waals surface area contributed by atoms with Gasteiger partial charge in [0.1, 0.15) is 16.9 Å². The third-order valence-corrected chi connectivity index (χ3v) is 3.50. The molecular formula is C17H12N2O6. The summed E-state index contributed by atoms with van der Waals surface area (Å²) in [6.07, 6.45) is 0. The second-order valence-electron chi connectivity index (χ2n) is 5.11. The number of nitrogens with one attached hydrogen (secondary N) is 1. The lowest BCUT2D eigenvalue weighted by Crippen LogP contribution is -2.20. The summed E-state index contributed by atoms with van der Waals surface area (Å²) in [4.78, 5) is 34.7. The molecule has 0 fully saturated rings. The third-order valence-electron chi connectivity index (χ3n) is 3.50. The van der Waals surface area contributed by atoms with Crippen molar-refractivity contribution in [1.82, 2.24) is 0 Å². The van der Waals surface area contributed by atoms with Crippen LogP contribution in [-0.4, -0.2) is 17.9 Å². The van der Waals surface area contributed by atoms with Crippen LogP contribution < -0.4 is 15.7 Å². The average molecular weight is 340 g/mol. The van der Waals surface area contributed by atoms with Crippen LogP contribution in [0.1, 0.15) is 10.4 Å². The van der Waals surface area contributed by atoms with Crippen LogP contribution in [0.15, 0.2) is 57.7 Å². The summed E-state index contributed by atoms with van der Waals surface area (Å²) < 4.78 is 10.1. The number of rotatable bonds is 4. The first-order valence-electron chi connectivity index (χ1n) is 7.15. The summed E-state index contributed by atoms with van der Waals surface area (Å²) in [6.45, 7) is 0. The van der Waals surface area contributed by atoms with Gasteiger partial charge in [0.15, 0.2) is 0 Å². The molecule has 3 aromatic rings. The Morgan fingerprint density at radius 1 is 1.20 bits per heavy atom. The van der Waals surface area contributed by atoms with Crippen molar-refractivity contribution in [3.63, 3.8) is 0 Å². The van der Waals surface area contributed by atoms with Gasteiger partial charge < -0.3 is 14.5 Å². The number of nitro benzene ring substituents is 1. The maximum Gasteiger partial charge on any atom is 0.349 e. The zero-order chi connectivity index (χ0) is 18.0. The normalized spacial score (nSPS) is 10.4. The van der Waals surface area contributed by atoms with Crippen molar-refractivity contribution in [1.29, 1.82) is 0 Å². The molecule has 1 aromatic heterocycles. The van der Waals surface area contributed by atoms with Crippen LogP contribution in [-0.2, 0) is 0 Å². The minimum Gasteiger partial charge on any atom is -0.497 e. The minimum atomic E-state index is -0.832. The number of nitrogens with zero attached hydrogens (tertiary/aromatic N) is 1. The highest BCUT2D eigenvalue weighted by molar-refractivity contribution is 6.05. The molecule has 0 aliphatic heterocycles. The standard InChI is InChI=1S/C17H12N2O6/c1-24-13-4-2-3-11(9-13)18-16(20)14-8-10-7-12(19(22)23)5-6-15(10)25-17(14)21/h2-9H,1H3,(H,18,20). The van der Waals surface area contributed by atoms with Crippen molar-refractivity contribution in [2.24, 2.45) is 0 Å². The molecule has 0 aliphatic rings. The Bertz CT molecular complexity index is 1040. The van der Waals surface area contributed by atoms with Gasteiger partial charge in [0.2, 0.25) is 0 Å². The average Bonchev–Trinajstić information content (AvgIpc) is 2.60. The summed E-state index contributed by atoms with van der Waals surface area (Å²) >= 11 is 0. The molecule has 0 atom stereocenters. The van der Waals surface area contributed by atoms with Crippen LogP contribution in [0.5, 0.6) is 5.75 Å². The molecule has 2 aromatic carbocycles. The molecule has 0 saturated heterocycles. The molecule has 8 nitrogen and oxygen atoms in total. The SMILES string of the molecule is COc1cccc(NC(=O)c2cc3cc([N+](=O)[O-])ccc3oc2=O)c1. The molecule has 1 amide bonds. The van der Waals surface area contributed by atoms with E-state index in [0.29, 0.717) is 11.4 Å². The molecule has 0 bridgehead atoms. The molecule has 1 N–H and O–H groups in total. The first-order chi connectivity index (χ1) is 12.0. The number of nitro groups is 1. The number of carbonyl (C=O) groups is 1. The summed E-state index contributed by atoms with van der Waals surface area (Å²) in [5, 5.41) is 13.7. The van der Waals surface area contributed by atoms with Gasteiger partial charge in [-0.3, -0.25) is 14.9 Å². The first kappa shape index (κ1) is 16.2. The van der Waals surface area contributed by atoms with E-state index in [1.165, 1.54) is 31.4 Å². The lowest BCUT2D eigenvalue weighted by Gasteiger charge is -2.07. The summed E-state index contributed by atoms with van der Waals surface area (Å²) in [5.41, 5.74) is -0.658. The molecule has 3 rings (SSSR count). The van der Waals surface area contributed by atoms with Gasteiger partial charge in [-0.2, -0.15) is 0 Å². The van der Waals surface area contributed by atoms with E-state index in [0.717, 1.165) is 0 Å². The van der Waals surface area contributed by atoms with E-state index in [4.69, 9.17) is 9.15 Å². The van der Waals surface area contributed by atoms with Crippen molar-refractivity contribution < 1.29 is 18.9 Å². The molecule has 25 heavy (non-hydrogen) atoms. The number of hydrogen-bond acceptors (Lipinski definition) is 6. The predicted molar refractivity (Wildman–Crippen MR) is 90.1 cm³/mol. The van der Waals surface area contributed by atoms with Crippen molar-refractivity contribution in [2.75, 3.05) is 12.4 Å². The monoisotopic (exact) mass is 340 g/mol. The van der Waals surface area contributed by atoms with Crippen molar-refractivity contribution in [3.8, 4) is 5.75 Å². The first-order valence-corrected chi connectivity index (χ1v) is 7.15. The molecule has 0 aliphatic carbocycles. The Kier molecular flexibility index (Phi) is 4.17. The number of methoxy groups -OCH3 is 1. The Morgan fingerprint density at radius 3 is 2.72 bits per heavy atom. The molecule has 0 spiro atoms. The molecule has 126 valence electrons. The van der Waals surface area contributed by atoms with E-state index < -0.39 is 16.5 Å². The topological polar surface area (TPSA) is 112 Å². The molecule has 1 heterocycles. The fourth-order valence-electron chi connectivity index (χ4n) is 2.28. The van der Waals surface area contributed by atoms with Gasteiger partial charge >= 0.3 is 5.63 Å². The lowest BCUT2D eigenvalue weighted by molar-refractivity contribution is -0.384. The fraction of sp³-hybridized carbons (Fsp3) is 0.0588. The van der Waals surface area contributed by atoms with Crippen LogP contribution in [0.3, 0.4) is 0 Å². The van der Waals surface area contributed by atoms with Gasteiger partial charge in [0, 0.05) is 29.3 Å². The highest BCUT2D eigenvalue weighted by Crippen LogP contribution is 2.21. The van der Waals surface area contributed by atoms with Crippen LogP contribution in [0, 0.1) is 10.1 Å². The number of amides is 1. The number of anilines is 1. The second kappa shape index (κ2) is 6.44. The summed E-state index contributed by atoms with van der Waals surface area (Å²) in [6, 6.07) is 11.7. The maximum atomic E-state index is 12.4. The highest BCUT2D eigenvalue weighted by Gasteiger charge is 2.16. The predicted octanol–water partition coefficient (Wildman–Crippen LogP) is 2.96. The molecule has 8 heteroatoms. The Hall–Kier alpha value is -3.68. The Labute approximate surface area is 140 Å². The number of benzene rings is 2. The smallest absolute Gasteiger partial charge is 0.349 e. The number of hydrogen-bond donors (Lipinski definition) is 1. The number of ether oxygens (including phenoxy) is 1. The van der Waals surface area contributed by atoms with E-state index in [-0.39, 0.29) is 22.2 Å². The van der Waals surface area contributed by atoms with Crippen molar-refractivity contribution >= 4 is 28.3 Å². The molecule has 0 unspecified atom stereocenters. The highest BCUT2D eigenvalue weighted by atomic mass is 16.6. The van der Waals surface area contributed by atoms with Crippen LogP contribution in [0.4, 0.5) is 11.4 Å². The summed E-state index contributed by atoms with van der Waals surface area (Å²) in [7, 11) is 1.49. The van der Waals surface area contributed by atoms with Crippen molar-refractivity contribution in [2.45, 2.75) is 0 Å². The van der Waals surface area contributed by atoms with Gasteiger partial charge in [-0.25, -0.2) is 4.79 Å². The molecule has 0 radical (unpaired) electrons. The zero-order valence-electron chi connectivity index (χ0n) is 13.0. The van der Waals surface area contributed by atoms with E-state index in [1.54, 1.807) is 24.3 Å². The van der Waals surface area contributed by atoms with Gasteiger partial charge in [-0.1, -0.05) is 6.07 Å². The van der Waals surface area contributed by atoms with Gasteiger partial charge in [0.05, 0.1) is 12.0 Å². The van der Waals surface area contributed by atoms with Crippen LogP contribution in [0.25, 0.3) is 11.0 Å². The van der Waals surface area contributed by atoms with Gasteiger partial charge in [-0.05, 0) is 24.3 Å². The van der Waals surface area contributed by atoms with Gasteiger partial charge in [-0.15, -0.1) is 0 Å². The summed E-state index contributed by atoms with van der Waals surface area (Å²) in [5.74, 6) is -0.144. The largest absolute Gasteiger partial charge is 0.497 e. The zero-order valence-corrected chi connectivity index (χ0v) is 13.0. The van der Waals surface area contributed by atoms with E-state index in [2.05, 4.69) is 5.32 Å². The molecular weight excluding hydrogens is 328 g/mol. The van der Waals surface area contributed by atoms with E-state index in [1.807, 2.05) is 0 Å². The quantitative estimate of drug-likeness (QED) is 0.444. The Balaban J connectivity index is 1.98. The van der Waals surface area contributed by atoms with E-state index >= 15 is 0 Å². The minimum absolute atomic E-state index is 0.161. The van der Waals surface area contributed by atoms with Gasteiger partial charge in [0.25, 0.3) is 11.6 Å². The fourth-order valence-corrected chi connectivity index (χ4v) is 2.28. The van der Waals surface area contributed by atoms with E-state index in [9.17, 15) is 19.7 Å². The Morgan fingerprint density at radius 2 is 2.00 bits per heavy atom. The maximum absolute atomic E-state index is 12.4. The second-order valence-corrected chi connectivity index (χ2v) is 5.11. The number of fused-ring (bicyclic) bond motifs is 1.